The van der Waals surface area contributed by atoms with Crippen LogP contribution < -0.4 is 0 Å². The van der Waals surface area contributed by atoms with Crippen molar-refractivity contribution < 1.29 is 4.79 Å². The van der Waals surface area contributed by atoms with Gasteiger partial charge in [-0.05, 0) is 55.0 Å². The van der Waals surface area contributed by atoms with Gasteiger partial charge in [-0.3, -0.25) is 9.69 Å². The molecule has 0 bridgehead atoms. The van der Waals surface area contributed by atoms with Gasteiger partial charge in [0.05, 0.1) is 0 Å². The Morgan fingerprint density at radius 2 is 1.96 bits per heavy atom. The summed E-state index contributed by atoms with van der Waals surface area (Å²) in [6, 6.07) is 16.6. The van der Waals surface area contributed by atoms with E-state index in [1.54, 1.807) is 0 Å². The van der Waals surface area contributed by atoms with Gasteiger partial charge in [0, 0.05) is 35.8 Å². The van der Waals surface area contributed by atoms with Crippen molar-refractivity contribution in [2.45, 2.75) is 25.7 Å². The van der Waals surface area contributed by atoms with Gasteiger partial charge < -0.3 is 4.98 Å². The van der Waals surface area contributed by atoms with Crippen molar-refractivity contribution in [3.8, 4) is 0 Å². The fourth-order valence-corrected chi connectivity index (χ4v) is 3.96. The molecule has 0 saturated heterocycles. The second-order valence-electron chi connectivity index (χ2n) is 7.34. The molecule has 0 spiro atoms. The maximum Gasteiger partial charge on any atom is 0.150 e. The minimum absolute atomic E-state index is 0.726. The van der Waals surface area contributed by atoms with Crippen LogP contribution in [0.5, 0.6) is 0 Å². The van der Waals surface area contributed by atoms with Gasteiger partial charge in [-0.25, -0.2) is 0 Å². The summed E-state index contributed by atoms with van der Waals surface area (Å²) in [4.78, 5) is 16.7. The lowest BCUT2D eigenvalue weighted by Crippen LogP contribution is -2.29. The van der Waals surface area contributed by atoms with Crippen molar-refractivity contribution in [1.82, 2.24) is 9.88 Å². The van der Waals surface area contributed by atoms with Gasteiger partial charge in [0.1, 0.15) is 6.29 Å². The number of carbonyl (C=O) groups is 1. The number of hydrogen-bond acceptors (Lipinski definition) is 2. The lowest BCUT2D eigenvalue weighted by Gasteiger charge is -2.26. The number of aromatic nitrogens is 1. The van der Waals surface area contributed by atoms with Crippen molar-refractivity contribution in [3.63, 3.8) is 0 Å². The molecular formula is C24H26N2O. The lowest BCUT2D eigenvalue weighted by molar-refractivity contribution is 0.112. The number of nitrogens with one attached hydrogen (secondary N) is 1. The van der Waals surface area contributed by atoms with Crippen LogP contribution in [-0.4, -0.2) is 35.8 Å². The second kappa shape index (κ2) is 8.36. The molecule has 4 rings (SSSR count). The average molecular weight is 358 g/mol. The minimum Gasteiger partial charge on any atom is -0.361 e. The van der Waals surface area contributed by atoms with Gasteiger partial charge in [0.15, 0.2) is 0 Å². The van der Waals surface area contributed by atoms with Crippen LogP contribution in [0.25, 0.3) is 16.5 Å². The molecule has 2 heterocycles. The molecule has 0 atom stereocenters. The molecule has 27 heavy (non-hydrogen) atoms. The van der Waals surface area contributed by atoms with Crippen molar-refractivity contribution in [3.05, 3.63) is 77.5 Å². The summed E-state index contributed by atoms with van der Waals surface area (Å²) in [7, 11) is 0. The highest BCUT2D eigenvalue weighted by Crippen LogP contribution is 2.23. The Kier molecular flexibility index (Phi) is 5.50. The highest BCUT2D eigenvalue weighted by molar-refractivity contribution is 5.89. The van der Waals surface area contributed by atoms with Crippen LogP contribution in [0.1, 0.15) is 40.7 Å². The summed E-state index contributed by atoms with van der Waals surface area (Å²) in [5, 5.41) is 1.24. The quantitative estimate of drug-likeness (QED) is 0.471. The Morgan fingerprint density at radius 1 is 1.07 bits per heavy atom. The fourth-order valence-electron chi connectivity index (χ4n) is 3.96. The summed E-state index contributed by atoms with van der Waals surface area (Å²) < 4.78 is 0. The molecule has 3 aromatic rings. The van der Waals surface area contributed by atoms with E-state index in [2.05, 4.69) is 58.6 Å². The number of aryl methyl sites for hydroxylation is 1. The van der Waals surface area contributed by atoms with Crippen molar-refractivity contribution in [1.29, 1.82) is 0 Å². The van der Waals surface area contributed by atoms with Crippen molar-refractivity contribution in [2.75, 3.05) is 19.6 Å². The van der Waals surface area contributed by atoms with E-state index in [0.29, 0.717) is 0 Å². The molecular weight excluding hydrogens is 332 g/mol. The van der Waals surface area contributed by atoms with E-state index in [4.69, 9.17) is 0 Å². The van der Waals surface area contributed by atoms with Crippen LogP contribution in [0, 0.1) is 0 Å². The first kappa shape index (κ1) is 17.7. The number of hydrogen-bond donors (Lipinski definition) is 1. The number of H-pyrrole nitrogens is 1. The van der Waals surface area contributed by atoms with E-state index in [1.165, 1.54) is 34.9 Å². The van der Waals surface area contributed by atoms with Crippen molar-refractivity contribution >= 4 is 22.8 Å². The van der Waals surface area contributed by atoms with Crippen LogP contribution in [0.2, 0.25) is 0 Å². The molecule has 0 fully saturated rings. The third kappa shape index (κ3) is 4.20. The molecule has 0 saturated carbocycles. The average Bonchev–Trinajstić information content (AvgIpc) is 3.14. The highest BCUT2D eigenvalue weighted by Gasteiger charge is 2.12. The van der Waals surface area contributed by atoms with E-state index < -0.39 is 0 Å². The lowest BCUT2D eigenvalue weighted by atomic mass is 9.99. The van der Waals surface area contributed by atoms with Crippen molar-refractivity contribution in [2.24, 2.45) is 0 Å². The molecule has 3 nitrogen and oxygen atoms in total. The number of benzene rings is 2. The number of fused-ring (bicyclic) bond motifs is 1. The largest absolute Gasteiger partial charge is 0.361 e. The maximum atomic E-state index is 10.9. The van der Waals surface area contributed by atoms with Gasteiger partial charge in [-0.2, -0.15) is 0 Å². The number of aldehydes is 1. The molecule has 1 N–H and O–H groups in total. The zero-order valence-corrected chi connectivity index (χ0v) is 15.7. The minimum atomic E-state index is 0.726. The molecule has 1 aromatic heterocycles. The normalized spacial score (nSPS) is 15.0. The molecule has 1 aliphatic heterocycles. The summed E-state index contributed by atoms with van der Waals surface area (Å²) in [6.07, 6.45) is 10.0. The van der Waals surface area contributed by atoms with Crippen LogP contribution in [0.3, 0.4) is 0 Å². The Bertz CT molecular complexity index is 939. The number of carbonyl (C=O) groups excluding carboxylic acids is 1. The summed E-state index contributed by atoms with van der Waals surface area (Å²) >= 11 is 0. The molecule has 0 amide bonds. The number of aromatic amines is 1. The topological polar surface area (TPSA) is 36.1 Å². The third-order valence-electron chi connectivity index (χ3n) is 5.54. The smallest absolute Gasteiger partial charge is 0.150 e. The van der Waals surface area contributed by atoms with Crippen LogP contribution in [0.4, 0.5) is 0 Å². The Morgan fingerprint density at radius 3 is 2.74 bits per heavy atom. The summed E-state index contributed by atoms with van der Waals surface area (Å²) in [5.41, 5.74) is 6.00. The first-order chi connectivity index (χ1) is 13.3. The number of unbranched alkanes of at least 4 members (excludes halogenated alkanes) is 1. The predicted molar refractivity (Wildman–Crippen MR) is 112 cm³/mol. The summed E-state index contributed by atoms with van der Waals surface area (Å²) in [5.74, 6) is 0. The third-order valence-corrected chi connectivity index (χ3v) is 5.54. The SMILES string of the molecule is O=Cc1ccc2c(CCCCN3CC=C(c4ccccc4)CC3)c[nH]c2c1. The van der Waals surface area contributed by atoms with E-state index >= 15 is 0 Å². The van der Waals surface area contributed by atoms with E-state index in [0.717, 1.165) is 49.8 Å². The van der Waals surface area contributed by atoms with Gasteiger partial charge in [-0.15, -0.1) is 0 Å². The first-order valence-electron chi connectivity index (χ1n) is 9.85. The second-order valence-corrected chi connectivity index (χ2v) is 7.34. The van der Waals surface area contributed by atoms with Crippen LogP contribution in [0.15, 0.2) is 60.8 Å². The predicted octanol–water partition coefficient (Wildman–Crippen LogP) is 5.09. The fraction of sp³-hybridized carbons (Fsp3) is 0.292. The Hall–Kier alpha value is -2.65. The molecule has 2 aromatic carbocycles. The van der Waals surface area contributed by atoms with E-state index in [-0.39, 0.29) is 0 Å². The van der Waals surface area contributed by atoms with Gasteiger partial charge in [-0.1, -0.05) is 48.5 Å². The monoisotopic (exact) mass is 358 g/mol. The van der Waals surface area contributed by atoms with E-state index in [1.807, 2.05) is 12.1 Å². The zero-order chi connectivity index (χ0) is 18.5. The molecule has 1 aliphatic rings. The standard InChI is InChI=1S/C24H26N2O/c27-18-19-9-10-23-22(17-25-24(23)16-19)8-4-5-13-26-14-11-21(12-15-26)20-6-2-1-3-7-20/h1-3,6-7,9-11,16-18,25H,4-5,8,12-15H2. The number of nitrogens with zero attached hydrogens (tertiary/aromatic N) is 1. The summed E-state index contributed by atoms with van der Waals surface area (Å²) in [6.45, 7) is 3.38. The highest BCUT2D eigenvalue weighted by atomic mass is 16.1. The zero-order valence-electron chi connectivity index (χ0n) is 15.7. The van der Waals surface area contributed by atoms with Crippen LogP contribution in [-0.2, 0) is 6.42 Å². The molecule has 0 aliphatic carbocycles. The van der Waals surface area contributed by atoms with Gasteiger partial charge in [0.25, 0.3) is 0 Å². The van der Waals surface area contributed by atoms with Gasteiger partial charge in [0.2, 0.25) is 0 Å². The Balaban J connectivity index is 1.25. The maximum absolute atomic E-state index is 10.9. The molecule has 138 valence electrons. The Labute approximate surface area is 160 Å². The molecule has 3 heteroatoms. The van der Waals surface area contributed by atoms with E-state index in [9.17, 15) is 4.79 Å². The number of rotatable bonds is 7. The first-order valence-corrected chi connectivity index (χ1v) is 9.85. The van der Waals surface area contributed by atoms with Crippen LogP contribution >= 0.6 is 0 Å². The van der Waals surface area contributed by atoms with Gasteiger partial charge >= 0.3 is 0 Å². The molecule has 0 radical (unpaired) electrons. The molecule has 0 unspecified atom stereocenters.